The first-order valence-electron chi connectivity index (χ1n) is 7.16. The number of unbranched alkanes of at least 4 members (excludes halogenated alkanes) is 5. The minimum atomic E-state index is -2.07. The molecule has 0 unspecified atom stereocenters. The Morgan fingerprint density at radius 3 is 1.88 bits per heavy atom. The first-order valence-corrected chi connectivity index (χ1v) is 9.26. The maximum atomic E-state index is 5.85. The lowest BCUT2D eigenvalue weighted by Crippen LogP contribution is -2.40. The van der Waals surface area contributed by atoms with Crippen molar-refractivity contribution in [3.05, 3.63) is 12.3 Å². The maximum Gasteiger partial charge on any atom is 0.364 e. The van der Waals surface area contributed by atoms with Gasteiger partial charge in [0.05, 0.1) is 0 Å². The van der Waals surface area contributed by atoms with Gasteiger partial charge in [0.1, 0.15) is 0 Å². The zero-order valence-electron chi connectivity index (χ0n) is 12.0. The minimum Gasteiger partial charge on any atom is -0.392 e. The lowest BCUT2D eigenvalue weighted by Gasteiger charge is -2.26. The second-order valence-corrected chi connectivity index (χ2v) is 7.51. The van der Waals surface area contributed by atoms with Gasteiger partial charge in [0.25, 0.3) is 0 Å². The molecule has 3 heteroatoms. The second kappa shape index (κ2) is 11.0. The van der Waals surface area contributed by atoms with E-state index in [4.69, 9.17) is 8.85 Å². The van der Waals surface area contributed by atoms with Crippen molar-refractivity contribution in [2.45, 2.75) is 65.3 Å². The van der Waals surface area contributed by atoms with Crippen LogP contribution < -0.4 is 0 Å². The number of hydrogen-bond donors (Lipinski definition) is 0. The fourth-order valence-corrected chi connectivity index (χ4v) is 4.58. The summed E-state index contributed by atoms with van der Waals surface area (Å²) < 4.78 is 11.7. The highest BCUT2D eigenvalue weighted by Crippen LogP contribution is 2.20. The van der Waals surface area contributed by atoms with Crippen molar-refractivity contribution >= 4 is 8.56 Å². The van der Waals surface area contributed by atoms with Gasteiger partial charge in [0.15, 0.2) is 0 Å². The zero-order valence-corrected chi connectivity index (χ0v) is 13.0. The SMILES string of the molecule is C=C[Si](CCCCCCCC)(OCC)OCC. The van der Waals surface area contributed by atoms with Crippen molar-refractivity contribution in [3.8, 4) is 0 Å². The van der Waals surface area contributed by atoms with Crippen molar-refractivity contribution < 1.29 is 8.85 Å². The highest BCUT2D eigenvalue weighted by molar-refractivity contribution is 6.72. The van der Waals surface area contributed by atoms with Gasteiger partial charge >= 0.3 is 8.56 Å². The molecule has 0 aromatic rings. The average Bonchev–Trinajstić information content (AvgIpc) is 2.34. The van der Waals surface area contributed by atoms with Gasteiger partial charge in [-0.25, -0.2) is 0 Å². The summed E-state index contributed by atoms with van der Waals surface area (Å²) >= 11 is 0. The van der Waals surface area contributed by atoms with Gasteiger partial charge in [-0.05, 0) is 25.6 Å². The smallest absolute Gasteiger partial charge is 0.364 e. The monoisotopic (exact) mass is 258 g/mol. The third-order valence-corrected chi connectivity index (χ3v) is 6.19. The Balaban J connectivity index is 3.86. The first-order chi connectivity index (χ1) is 8.24. The lowest BCUT2D eigenvalue weighted by atomic mass is 10.1. The lowest BCUT2D eigenvalue weighted by molar-refractivity contribution is 0.193. The van der Waals surface area contributed by atoms with E-state index in [9.17, 15) is 0 Å². The highest BCUT2D eigenvalue weighted by Gasteiger charge is 2.32. The van der Waals surface area contributed by atoms with Crippen LogP contribution in [0.4, 0.5) is 0 Å². The van der Waals surface area contributed by atoms with Crippen molar-refractivity contribution in [3.63, 3.8) is 0 Å². The van der Waals surface area contributed by atoms with E-state index >= 15 is 0 Å². The highest BCUT2D eigenvalue weighted by atomic mass is 28.4. The molecule has 0 heterocycles. The van der Waals surface area contributed by atoms with E-state index in [1.54, 1.807) is 0 Å². The van der Waals surface area contributed by atoms with Crippen LogP contribution in [0.25, 0.3) is 0 Å². The van der Waals surface area contributed by atoms with Crippen LogP contribution in [-0.4, -0.2) is 21.8 Å². The van der Waals surface area contributed by atoms with Crippen LogP contribution in [-0.2, 0) is 8.85 Å². The van der Waals surface area contributed by atoms with Crippen molar-refractivity contribution in [2.75, 3.05) is 13.2 Å². The van der Waals surface area contributed by atoms with Gasteiger partial charge in [-0.2, -0.15) is 0 Å². The topological polar surface area (TPSA) is 18.5 Å². The molecular weight excluding hydrogens is 228 g/mol. The minimum absolute atomic E-state index is 0.730. The molecule has 0 aliphatic heterocycles. The summed E-state index contributed by atoms with van der Waals surface area (Å²) in [6, 6.07) is 1.06. The molecule has 0 saturated heterocycles. The van der Waals surface area contributed by atoms with E-state index in [0.29, 0.717) is 0 Å². The Kier molecular flexibility index (Phi) is 10.9. The predicted octanol–water partition coefficient (Wildman–Crippen LogP) is 4.59. The molecule has 0 atom stereocenters. The third kappa shape index (κ3) is 7.74. The summed E-state index contributed by atoms with van der Waals surface area (Å²) in [5.74, 6) is 0. The molecule has 0 bridgehead atoms. The van der Waals surface area contributed by atoms with E-state index < -0.39 is 8.56 Å². The van der Waals surface area contributed by atoms with Crippen LogP contribution in [0.5, 0.6) is 0 Å². The second-order valence-electron chi connectivity index (χ2n) is 4.40. The molecule has 0 spiro atoms. The van der Waals surface area contributed by atoms with E-state index in [1.165, 1.54) is 38.5 Å². The Hall–Kier alpha value is -0.123. The first kappa shape index (κ1) is 16.9. The van der Waals surface area contributed by atoms with Gasteiger partial charge in [-0.1, -0.05) is 45.4 Å². The Morgan fingerprint density at radius 1 is 0.882 bits per heavy atom. The fraction of sp³-hybridized carbons (Fsp3) is 0.857. The molecule has 2 nitrogen and oxygen atoms in total. The van der Waals surface area contributed by atoms with E-state index in [1.807, 2.05) is 19.5 Å². The van der Waals surface area contributed by atoms with Crippen LogP contribution in [0.15, 0.2) is 12.3 Å². The molecule has 0 aromatic heterocycles. The summed E-state index contributed by atoms with van der Waals surface area (Å²) in [6.45, 7) is 11.7. The van der Waals surface area contributed by atoms with Crippen molar-refractivity contribution in [2.24, 2.45) is 0 Å². The quantitative estimate of drug-likeness (QED) is 0.376. The zero-order chi connectivity index (χ0) is 13.0. The average molecular weight is 258 g/mol. The molecule has 17 heavy (non-hydrogen) atoms. The maximum absolute atomic E-state index is 5.85. The largest absolute Gasteiger partial charge is 0.392 e. The molecule has 0 aromatic carbocycles. The molecular formula is C14H30O2Si. The molecule has 102 valence electrons. The summed E-state index contributed by atoms with van der Waals surface area (Å²) in [5, 5.41) is 0. The molecule has 0 rings (SSSR count). The number of hydrogen-bond acceptors (Lipinski definition) is 2. The van der Waals surface area contributed by atoms with Gasteiger partial charge < -0.3 is 8.85 Å². The standard InChI is InChI=1S/C14H30O2Si/c1-5-9-10-11-12-13-14-17(8-4,15-6-2)16-7-3/h8H,4-7,9-14H2,1-3H3. The van der Waals surface area contributed by atoms with Crippen molar-refractivity contribution in [1.82, 2.24) is 0 Å². The Labute approximate surface area is 109 Å². The molecule has 0 saturated carbocycles. The number of rotatable bonds is 12. The van der Waals surface area contributed by atoms with E-state index in [-0.39, 0.29) is 0 Å². The molecule has 0 fully saturated rings. The molecule has 0 radical (unpaired) electrons. The van der Waals surface area contributed by atoms with Crippen LogP contribution in [0.2, 0.25) is 6.04 Å². The van der Waals surface area contributed by atoms with Crippen molar-refractivity contribution in [1.29, 1.82) is 0 Å². The third-order valence-electron chi connectivity index (χ3n) is 2.97. The molecule has 0 amide bonds. The summed E-state index contributed by atoms with van der Waals surface area (Å²) in [7, 11) is -2.07. The van der Waals surface area contributed by atoms with Gasteiger partial charge in [-0.3, -0.25) is 0 Å². The van der Waals surface area contributed by atoms with Crippen LogP contribution in [0.3, 0.4) is 0 Å². The van der Waals surface area contributed by atoms with E-state index in [0.717, 1.165) is 19.3 Å². The van der Waals surface area contributed by atoms with Gasteiger partial charge in [0, 0.05) is 13.2 Å². The van der Waals surface area contributed by atoms with Gasteiger partial charge in [0.2, 0.25) is 0 Å². The molecule has 0 N–H and O–H groups in total. The van der Waals surface area contributed by atoms with E-state index in [2.05, 4.69) is 13.5 Å². The Morgan fingerprint density at radius 2 is 1.41 bits per heavy atom. The normalized spacial score (nSPS) is 11.7. The molecule has 0 aliphatic carbocycles. The predicted molar refractivity (Wildman–Crippen MR) is 77.4 cm³/mol. The Bertz CT molecular complexity index is 177. The summed E-state index contributed by atoms with van der Waals surface area (Å²) in [4.78, 5) is 0. The summed E-state index contributed by atoms with van der Waals surface area (Å²) in [6.07, 6.45) is 7.88. The summed E-state index contributed by atoms with van der Waals surface area (Å²) in [5.41, 5.74) is 1.95. The van der Waals surface area contributed by atoms with Crippen LogP contribution in [0.1, 0.15) is 59.3 Å². The van der Waals surface area contributed by atoms with Crippen LogP contribution >= 0.6 is 0 Å². The van der Waals surface area contributed by atoms with Crippen LogP contribution in [0, 0.1) is 0 Å². The molecule has 0 aliphatic rings. The van der Waals surface area contributed by atoms with Gasteiger partial charge in [-0.15, -0.1) is 6.58 Å². The fourth-order valence-electron chi connectivity index (χ4n) is 2.05.